The lowest BCUT2D eigenvalue weighted by atomic mass is 10.2. The number of aromatic carboxylic acids is 1. The molecule has 2 rings (SSSR count). The third kappa shape index (κ3) is 2.52. The molecule has 0 atom stereocenters. The molecule has 1 saturated carbocycles. The van der Waals surface area contributed by atoms with Crippen LogP contribution >= 0.6 is 15.9 Å². The summed E-state index contributed by atoms with van der Waals surface area (Å²) >= 11 is 3.22. The van der Waals surface area contributed by atoms with Gasteiger partial charge >= 0.3 is 5.97 Å². The second-order valence-corrected chi connectivity index (χ2v) is 4.90. The fourth-order valence-corrected chi connectivity index (χ4v) is 2.31. The number of pyridine rings is 1. The average Bonchev–Trinajstić information content (AvgIpc) is 2.73. The molecule has 0 bridgehead atoms. The van der Waals surface area contributed by atoms with Gasteiger partial charge in [-0.15, -0.1) is 0 Å². The number of carbonyl (C=O) groups is 1. The average molecular weight is 285 g/mol. The molecule has 0 aromatic carbocycles. The van der Waals surface area contributed by atoms with Crippen molar-refractivity contribution in [2.75, 3.05) is 5.32 Å². The molecule has 1 aliphatic rings. The van der Waals surface area contributed by atoms with Crippen LogP contribution in [0.4, 0.5) is 5.82 Å². The SMILES string of the molecule is O=C(O)c1cc(Br)cnc1NC1CCCC1. The van der Waals surface area contributed by atoms with Crippen LogP contribution in [0.2, 0.25) is 0 Å². The Kier molecular flexibility index (Phi) is 3.43. The van der Waals surface area contributed by atoms with Gasteiger partial charge in [-0.2, -0.15) is 0 Å². The predicted molar refractivity (Wildman–Crippen MR) is 64.8 cm³/mol. The normalized spacial score (nSPS) is 16.3. The number of hydrogen-bond acceptors (Lipinski definition) is 3. The predicted octanol–water partition coefficient (Wildman–Crippen LogP) is 2.90. The van der Waals surface area contributed by atoms with E-state index < -0.39 is 5.97 Å². The molecule has 1 aliphatic carbocycles. The van der Waals surface area contributed by atoms with Gasteiger partial charge < -0.3 is 10.4 Å². The third-order valence-electron chi connectivity index (χ3n) is 2.78. The summed E-state index contributed by atoms with van der Waals surface area (Å²) in [5, 5.41) is 12.3. The quantitative estimate of drug-likeness (QED) is 0.896. The van der Waals surface area contributed by atoms with Gasteiger partial charge in [0, 0.05) is 16.7 Å². The topological polar surface area (TPSA) is 62.2 Å². The van der Waals surface area contributed by atoms with Gasteiger partial charge in [-0.3, -0.25) is 0 Å². The molecule has 5 heteroatoms. The molecule has 1 heterocycles. The summed E-state index contributed by atoms with van der Waals surface area (Å²) in [5.74, 6) is -0.475. The van der Waals surface area contributed by atoms with Crippen LogP contribution in [0.3, 0.4) is 0 Å². The van der Waals surface area contributed by atoms with Crippen molar-refractivity contribution in [3.05, 3.63) is 22.3 Å². The summed E-state index contributed by atoms with van der Waals surface area (Å²) in [7, 11) is 0. The Morgan fingerprint density at radius 1 is 1.50 bits per heavy atom. The highest BCUT2D eigenvalue weighted by molar-refractivity contribution is 9.10. The zero-order chi connectivity index (χ0) is 11.5. The lowest BCUT2D eigenvalue weighted by molar-refractivity contribution is 0.0697. The van der Waals surface area contributed by atoms with Crippen LogP contribution in [0, 0.1) is 0 Å². The Bertz CT molecular complexity index is 403. The molecule has 1 aromatic heterocycles. The van der Waals surface area contributed by atoms with Gasteiger partial charge in [-0.1, -0.05) is 12.8 Å². The highest BCUT2D eigenvalue weighted by atomic mass is 79.9. The van der Waals surface area contributed by atoms with Crippen molar-refractivity contribution in [3.8, 4) is 0 Å². The number of anilines is 1. The number of nitrogens with one attached hydrogen (secondary N) is 1. The maximum Gasteiger partial charge on any atom is 0.339 e. The number of nitrogens with zero attached hydrogens (tertiary/aromatic N) is 1. The van der Waals surface area contributed by atoms with E-state index in [0.29, 0.717) is 16.3 Å². The molecular formula is C11H13BrN2O2. The summed E-state index contributed by atoms with van der Waals surface area (Å²) in [6.45, 7) is 0. The van der Waals surface area contributed by atoms with Crippen LogP contribution < -0.4 is 5.32 Å². The second kappa shape index (κ2) is 4.82. The number of carboxylic acid groups (broad SMARTS) is 1. The van der Waals surface area contributed by atoms with Crippen molar-refractivity contribution in [3.63, 3.8) is 0 Å². The molecule has 0 unspecified atom stereocenters. The molecule has 16 heavy (non-hydrogen) atoms. The largest absolute Gasteiger partial charge is 0.478 e. The van der Waals surface area contributed by atoms with Crippen molar-refractivity contribution in [1.29, 1.82) is 0 Å². The van der Waals surface area contributed by atoms with Crippen molar-refractivity contribution in [2.24, 2.45) is 0 Å². The molecule has 0 aliphatic heterocycles. The van der Waals surface area contributed by atoms with Crippen LogP contribution in [0.5, 0.6) is 0 Å². The molecule has 1 aromatic rings. The Morgan fingerprint density at radius 2 is 2.19 bits per heavy atom. The lowest BCUT2D eigenvalue weighted by Gasteiger charge is -2.14. The molecule has 0 spiro atoms. The van der Waals surface area contributed by atoms with Crippen LogP contribution in [0.1, 0.15) is 36.0 Å². The monoisotopic (exact) mass is 284 g/mol. The zero-order valence-electron chi connectivity index (χ0n) is 8.74. The van der Waals surface area contributed by atoms with Crippen LogP contribution in [-0.4, -0.2) is 22.1 Å². The number of carboxylic acids is 1. The van der Waals surface area contributed by atoms with Crippen LogP contribution in [0.25, 0.3) is 0 Å². The molecule has 86 valence electrons. The first-order valence-corrected chi connectivity index (χ1v) is 6.11. The van der Waals surface area contributed by atoms with Crippen LogP contribution in [-0.2, 0) is 0 Å². The molecule has 0 saturated heterocycles. The first-order valence-electron chi connectivity index (χ1n) is 5.32. The van der Waals surface area contributed by atoms with Gasteiger partial charge in [-0.05, 0) is 34.8 Å². The lowest BCUT2D eigenvalue weighted by Crippen LogP contribution is -2.18. The van der Waals surface area contributed by atoms with E-state index in [2.05, 4.69) is 26.2 Å². The number of halogens is 1. The van der Waals surface area contributed by atoms with E-state index in [-0.39, 0.29) is 5.56 Å². The standard InChI is InChI=1S/C11H13BrN2O2/c12-7-5-9(11(15)16)10(13-6-7)14-8-3-1-2-4-8/h5-6,8H,1-4H2,(H,13,14)(H,15,16). The fraction of sp³-hybridized carbons (Fsp3) is 0.455. The summed E-state index contributed by atoms with van der Waals surface area (Å²) < 4.78 is 0.682. The highest BCUT2D eigenvalue weighted by Crippen LogP contribution is 2.24. The van der Waals surface area contributed by atoms with Crippen molar-refractivity contribution in [1.82, 2.24) is 4.98 Å². The van der Waals surface area contributed by atoms with Crippen molar-refractivity contribution in [2.45, 2.75) is 31.7 Å². The number of hydrogen-bond donors (Lipinski definition) is 2. The Labute approximate surface area is 102 Å². The summed E-state index contributed by atoms with van der Waals surface area (Å²) in [6, 6.07) is 1.94. The van der Waals surface area contributed by atoms with Gasteiger partial charge in [0.1, 0.15) is 11.4 Å². The maximum absolute atomic E-state index is 11.0. The second-order valence-electron chi connectivity index (χ2n) is 3.98. The van der Waals surface area contributed by atoms with E-state index >= 15 is 0 Å². The van der Waals surface area contributed by atoms with Crippen LogP contribution in [0.15, 0.2) is 16.7 Å². The molecule has 1 fully saturated rings. The first kappa shape index (κ1) is 11.4. The summed E-state index contributed by atoms with van der Waals surface area (Å²) in [6.07, 6.45) is 6.21. The minimum Gasteiger partial charge on any atom is -0.478 e. The fourth-order valence-electron chi connectivity index (χ4n) is 1.98. The molecule has 0 amide bonds. The maximum atomic E-state index is 11.0. The van der Waals surface area contributed by atoms with Gasteiger partial charge in [-0.25, -0.2) is 9.78 Å². The Morgan fingerprint density at radius 3 is 2.81 bits per heavy atom. The van der Waals surface area contributed by atoms with E-state index in [4.69, 9.17) is 5.11 Å². The van der Waals surface area contributed by atoms with Crippen molar-refractivity contribution >= 4 is 27.7 Å². The number of rotatable bonds is 3. The van der Waals surface area contributed by atoms with E-state index in [1.165, 1.54) is 12.8 Å². The Balaban J connectivity index is 2.21. The zero-order valence-corrected chi connectivity index (χ0v) is 10.3. The molecule has 4 nitrogen and oxygen atoms in total. The molecule has 0 radical (unpaired) electrons. The van der Waals surface area contributed by atoms with E-state index in [0.717, 1.165) is 12.8 Å². The van der Waals surface area contributed by atoms with E-state index in [1.54, 1.807) is 12.3 Å². The smallest absolute Gasteiger partial charge is 0.339 e. The minimum atomic E-state index is -0.950. The molecule has 2 N–H and O–H groups in total. The van der Waals surface area contributed by atoms with Crippen molar-refractivity contribution < 1.29 is 9.90 Å². The van der Waals surface area contributed by atoms with E-state index in [9.17, 15) is 4.79 Å². The summed E-state index contributed by atoms with van der Waals surface area (Å²) in [4.78, 5) is 15.2. The third-order valence-corrected chi connectivity index (χ3v) is 3.21. The van der Waals surface area contributed by atoms with E-state index in [1.807, 2.05) is 0 Å². The Hall–Kier alpha value is -1.10. The first-order chi connectivity index (χ1) is 7.66. The summed E-state index contributed by atoms with van der Waals surface area (Å²) in [5.41, 5.74) is 0.223. The highest BCUT2D eigenvalue weighted by Gasteiger charge is 2.19. The molecular weight excluding hydrogens is 272 g/mol. The number of aromatic nitrogens is 1. The van der Waals surface area contributed by atoms with Gasteiger partial charge in [0.05, 0.1) is 0 Å². The van der Waals surface area contributed by atoms with Gasteiger partial charge in [0.25, 0.3) is 0 Å². The minimum absolute atomic E-state index is 0.223. The van der Waals surface area contributed by atoms with Gasteiger partial charge in [0.15, 0.2) is 0 Å². The van der Waals surface area contributed by atoms with Gasteiger partial charge in [0.2, 0.25) is 0 Å².